The number of nitrogens with one attached hydrogen (secondary N) is 1. The molecule has 0 spiro atoms. The Balaban J connectivity index is 1.57. The van der Waals surface area contributed by atoms with Gasteiger partial charge in [0.05, 0.1) is 4.90 Å². The number of aromatic nitrogens is 2. The maximum atomic E-state index is 12.7. The van der Waals surface area contributed by atoms with Crippen LogP contribution in [0.15, 0.2) is 66.1 Å². The molecule has 1 aromatic carbocycles. The SMILES string of the molecule is O=C(NS(=O)(=O)c1cccc2cnccc12)C1CC1c1cccnc1. The fraction of sp³-hybridized carbons (Fsp3) is 0.167. The summed E-state index contributed by atoms with van der Waals surface area (Å²) >= 11 is 0. The lowest BCUT2D eigenvalue weighted by Gasteiger charge is -2.09. The van der Waals surface area contributed by atoms with Crippen molar-refractivity contribution in [3.63, 3.8) is 0 Å². The van der Waals surface area contributed by atoms with Gasteiger partial charge in [0.15, 0.2) is 0 Å². The second-order valence-corrected chi connectivity index (χ2v) is 7.71. The average Bonchev–Trinajstić information content (AvgIpc) is 3.42. The molecule has 4 rings (SSSR count). The summed E-state index contributed by atoms with van der Waals surface area (Å²) < 4.78 is 27.6. The minimum atomic E-state index is -3.94. The van der Waals surface area contributed by atoms with Crippen LogP contribution >= 0.6 is 0 Å². The number of rotatable bonds is 4. The highest BCUT2D eigenvalue weighted by Crippen LogP contribution is 2.47. The summed E-state index contributed by atoms with van der Waals surface area (Å²) in [5, 5.41) is 1.25. The third kappa shape index (κ3) is 2.98. The molecule has 6 nitrogen and oxygen atoms in total. The molecule has 126 valence electrons. The number of hydrogen-bond donors (Lipinski definition) is 1. The highest BCUT2D eigenvalue weighted by Gasteiger charge is 2.45. The molecule has 0 saturated heterocycles. The lowest BCUT2D eigenvalue weighted by molar-refractivity contribution is -0.120. The normalized spacial score (nSPS) is 19.5. The van der Waals surface area contributed by atoms with E-state index in [9.17, 15) is 13.2 Å². The number of hydrogen-bond acceptors (Lipinski definition) is 5. The summed E-state index contributed by atoms with van der Waals surface area (Å²) in [6.07, 6.45) is 7.13. The van der Waals surface area contributed by atoms with Gasteiger partial charge in [0.25, 0.3) is 10.0 Å². The van der Waals surface area contributed by atoms with Gasteiger partial charge in [-0.25, -0.2) is 13.1 Å². The highest BCUT2D eigenvalue weighted by molar-refractivity contribution is 7.90. The van der Waals surface area contributed by atoms with Gasteiger partial charge in [-0.1, -0.05) is 18.2 Å². The number of amides is 1. The number of benzene rings is 1. The van der Waals surface area contributed by atoms with Gasteiger partial charge in [0.1, 0.15) is 0 Å². The number of pyridine rings is 2. The lowest BCUT2D eigenvalue weighted by Crippen LogP contribution is -2.32. The van der Waals surface area contributed by atoms with Gasteiger partial charge in [-0.2, -0.15) is 0 Å². The second-order valence-electron chi connectivity index (χ2n) is 6.06. The van der Waals surface area contributed by atoms with Crippen molar-refractivity contribution in [2.45, 2.75) is 17.2 Å². The Hall–Kier alpha value is -2.80. The van der Waals surface area contributed by atoms with E-state index in [4.69, 9.17) is 0 Å². The van der Waals surface area contributed by atoms with Crippen LogP contribution in [-0.2, 0) is 14.8 Å². The summed E-state index contributed by atoms with van der Waals surface area (Å²) in [7, 11) is -3.94. The first-order chi connectivity index (χ1) is 12.1. The molecular weight excluding hydrogens is 338 g/mol. The fourth-order valence-electron chi connectivity index (χ4n) is 3.04. The van der Waals surface area contributed by atoms with Gasteiger partial charge in [0.2, 0.25) is 5.91 Å². The third-order valence-electron chi connectivity index (χ3n) is 4.40. The molecule has 2 aromatic heterocycles. The Bertz CT molecular complexity index is 1050. The van der Waals surface area contributed by atoms with Crippen LogP contribution in [0.5, 0.6) is 0 Å². The number of nitrogens with zero attached hydrogens (tertiary/aromatic N) is 2. The summed E-state index contributed by atoms with van der Waals surface area (Å²) in [5.41, 5.74) is 0.955. The van der Waals surface area contributed by atoms with Gasteiger partial charge in [-0.05, 0) is 36.1 Å². The molecule has 2 unspecified atom stereocenters. The topological polar surface area (TPSA) is 89.0 Å². The van der Waals surface area contributed by atoms with E-state index >= 15 is 0 Å². The Morgan fingerprint density at radius 3 is 2.68 bits per heavy atom. The molecule has 1 fully saturated rings. The maximum Gasteiger partial charge on any atom is 0.264 e. The zero-order valence-corrected chi connectivity index (χ0v) is 14.0. The van der Waals surface area contributed by atoms with Crippen molar-refractivity contribution in [3.8, 4) is 0 Å². The third-order valence-corrected chi connectivity index (χ3v) is 5.81. The van der Waals surface area contributed by atoms with Crippen LogP contribution in [0.1, 0.15) is 17.9 Å². The van der Waals surface area contributed by atoms with Gasteiger partial charge in [0, 0.05) is 41.5 Å². The van der Waals surface area contributed by atoms with Crippen LogP contribution in [0.25, 0.3) is 10.8 Å². The molecule has 1 saturated carbocycles. The van der Waals surface area contributed by atoms with Crippen molar-refractivity contribution in [2.24, 2.45) is 5.92 Å². The molecule has 2 heterocycles. The van der Waals surface area contributed by atoms with E-state index < -0.39 is 15.9 Å². The van der Waals surface area contributed by atoms with Crippen molar-refractivity contribution in [1.82, 2.24) is 14.7 Å². The van der Waals surface area contributed by atoms with Crippen LogP contribution < -0.4 is 4.72 Å². The first-order valence-electron chi connectivity index (χ1n) is 7.85. The standard InChI is InChI=1S/C18H15N3O3S/c22-18(16-9-15(16)13-4-2-7-19-11-13)21-25(23,24)17-5-1-3-12-10-20-8-6-14(12)17/h1-8,10-11,15-16H,9H2,(H,21,22). The summed E-state index contributed by atoms with van der Waals surface area (Å²) in [5.74, 6) is -0.781. The van der Waals surface area contributed by atoms with Crippen LogP contribution in [0.2, 0.25) is 0 Å². The fourth-order valence-corrected chi connectivity index (χ4v) is 4.30. The summed E-state index contributed by atoms with van der Waals surface area (Å²) in [4.78, 5) is 20.5. The van der Waals surface area contributed by atoms with E-state index in [0.717, 1.165) is 5.56 Å². The maximum absolute atomic E-state index is 12.7. The van der Waals surface area contributed by atoms with Crippen molar-refractivity contribution in [1.29, 1.82) is 0 Å². The second kappa shape index (κ2) is 5.93. The number of carbonyl (C=O) groups excluding carboxylic acids is 1. The number of carbonyl (C=O) groups is 1. The lowest BCUT2D eigenvalue weighted by atomic mass is 10.1. The molecule has 3 aromatic rings. The average molecular weight is 353 g/mol. The van der Waals surface area contributed by atoms with Gasteiger partial charge >= 0.3 is 0 Å². The first-order valence-corrected chi connectivity index (χ1v) is 9.34. The van der Waals surface area contributed by atoms with E-state index in [2.05, 4.69) is 14.7 Å². The van der Waals surface area contributed by atoms with Gasteiger partial charge in [-0.3, -0.25) is 14.8 Å². The molecule has 2 atom stereocenters. The van der Waals surface area contributed by atoms with E-state index in [1.54, 1.807) is 36.8 Å². The summed E-state index contributed by atoms with van der Waals surface area (Å²) in [6, 6.07) is 10.2. The predicted molar refractivity (Wildman–Crippen MR) is 92.2 cm³/mol. The molecule has 1 aliphatic carbocycles. The van der Waals surface area contributed by atoms with E-state index in [0.29, 0.717) is 17.2 Å². The molecule has 25 heavy (non-hydrogen) atoms. The zero-order chi connectivity index (χ0) is 17.4. The van der Waals surface area contributed by atoms with Crippen molar-refractivity contribution >= 4 is 26.7 Å². The largest absolute Gasteiger partial charge is 0.274 e. The molecular formula is C18H15N3O3S. The van der Waals surface area contributed by atoms with Crippen LogP contribution in [-0.4, -0.2) is 24.3 Å². The predicted octanol–water partition coefficient (Wildman–Crippen LogP) is 2.24. The molecule has 1 aliphatic rings. The van der Waals surface area contributed by atoms with Crippen LogP contribution in [0.3, 0.4) is 0 Å². The zero-order valence-electron chi connectivity index (χ0n) is 13.2. The molecule has 1 amide bonds. The van der Waals surface area contributed by atoms with Crippen molar-refractivity contribution in [2.75, 3.05) is 0 Å². The number of sulfonamides is 1. The smallest absolute Gasteiger partial charge is 0.264 e. The molecule has 0 radical (unpaired) electrons. The van der Waals surface area contributed by atoms with E-state index in [1.807, 2.05) is 12.1 Å². The molecule has 7 heteroatoms. The molecule has 0 aliphatic heterocycles. The Morgan fingerprint density at radius 1 is 1.04 bits per heavy atom. The quantitative estimate of drug-likeness (QED) is 0.777. The van der Waals surface area contributed by atoms with Crippen molar-refractivity contribution in [3.05, 3.63) is 66.7 Å². The minimum absolute atomic E-state index is 0.0283. The molecule has 0 bridgehead atoms. The van der Waals surface area contributed by atoms with Crippen LogP contribution in [0, 0.1) is 5.92 Å². The first kappa shape index (κ1) is 15.7. The number of fused-ring (bicyclic) bond motifs is 1. The van der Waals surface area contributed by atoms with Gasteiger partial charge < -0.3 is 0 Å². The summed E-state index contributed by atoms with van der Waals surface area (Å²) in [6.45, 7) is 0. The monoisotopic (exact) mass is 353 g/mol. The van der Waals surface area contributed by atoms with E-state index in [1.165, 1.54) is 12.3 Å². The van der Waals surface area contributed by atoms with Crippen LogP contribution in [0.4, 0.5) is 0 Å². The highest BCUT2D eigenvalue weighted by atomic mass is 32.2. The Labute approximate surface area is 145 Å². The minimum Gasteiger partial charge on any atom is -0.274 e. The van der Waals surface area contributed by atoms with Gasteiger partial charge in [-0.15, -0.1) is 0 Å². The van der Waals surface area contributed by atoms with E-state index in [-0.39, 0.29) is 16.7 Å². The Kier molecular flexibility index (Phi) is 3.73. The Morgan fingerprint density at radius 2 is 1.88 bits per heavy atom. The molecule has 1 N–H and O–H groups in total. The van der Waals surface area contributed by atoms with Crippen molar-refractivity contribution < 1.29 is 13.2 Å².